The van der Waals surface area contributed by atoms with E-state index in [0.717, 1.165) is 38.5 Å². The van der Waals surface area contributed by atoms with Crippen molar-refractivity contribution in [2.75, 3.05) is 32.8 Å². The summed E-state index contributed by atoms with van der Waals surface area (Å²) in [4.78, 5) is 2.73. The first-order valence-corrected chi connectivity index (χ1v) is 11.0. The van der Waals surface area contributed by atoms with Crippen LogP contribution in [0.15, 0.2) is 23.1 Å². The SMILES string of the molecule is Cc1cc(S(=O)(=O)N2CC(N(CC3CC3)C3CCOCC3)C2)ccc1F. The Morgan fingerprint density at radius 3 is 2.46 bits per heavy atom. The highest BCUT2D eigenvalue weighted by Crippen LogP contribution is 2.35. The van der Waals surface area contributed by atoms with Crippen molar-refractivity contribution in [1.29, 1.82) is 0 Å². The lowest BCUT2D eigenvalue weighted by molar-refractivity contribution is -0.0126. The molecule has 2 saturated heterocycles. The average Bonchev–Trinajstić information content (AvgIpc) is 3.40. The molecule has 1 saturated carbocycles. The molecule has 26 heavy (non-hydrogen) atoms. The molecule has 0 N–H and O–H groups in total. The van der Waals surface area contributed by atoms with E-state index in [1.54, 1.807) is 6.92 Å². The van der Waals surface area contributed by atoms with E-state index >= 15 is 0 Å². The second kappa shape index (κ2) is 7.19. The first kappa shape index (κ1) is 18.3. The summed E-state index contributed by atoms with van der Waals surface area (Å²) in [6.07, 6.45) is 4.66. The minimum Gasteiger partial charge on any atom is -0.381 e. The Bertz CT molecular complexity index is 754. The summed E-state index contributed by atoms with van der Waals surface area (Å²) >= 11 is 0. The Kier molecular flexibility index (Phi) is 5.07. The van der Waals surface area contributed by atoms with Crippen LogP contribution in [0.5, 0.6) is 0 Å². The van der Waals surface area contributed by atoms with Crippen molar-refractivity contribution in [3.8, 4) is 0 Å². The van der Waals surface area contributed by atoms with Crippen LogP contribution in [0, 0.1) is 18.7 Å². The largest absolute Gasteiger partial charge is 0.381 e. The molecule has 0 spiro atoms. The Labute approximate surface area is 155 Å². The molecule has 144 valence electrons. The van der Waals surface area contributed by atoms with E-state index in [9.17, 15) is 12.8 Å². The van der Waals surface area contributed by atoms with Gasteiger partial charge in [-0.1, -0.05) is 0 Å². The monoisotopic (exact) mass is 382 g/mol. The summed E-state index contributed by atoms with van der Waals surface area (Å²) in [6.45, 7) is 5.34. The number of rotatable bonds is 6. The number of hydrogen-bond donors (Lipinski definition) is 0. The Morgan fingerprint density at radius 2 is 1.85 bits per heavy atom. The van der Waals surface area contributed by atoms with E-state index in [2.05, 4.69) is 4.90 Å². The molecule has 3 aliphatic rings. The maximum Gasteiger partial charge on any atom is 0.243 e. The molecule has 3 fully saturated rings. The maximum atomic E-state index is 13.5. The predicted molar refractivity (Wildman–Crippen MR) is 97.0 cm³/mol. The molecule has 0 aromatic heterocycles. The summed E-state index contributed by atoms with van der Waals surface area (Å²) in [6, 6.07) is 4.83. The number of halogens is 1. The highest BCUT2D eigenvalue weighted by Gasteiger charge is 2.43. The van der Waals surface area contributed by atoms with Crippen LogP contribution in [0.25, 0.3) is 0 Å². The molecule has 2 heterocycles. The lowest BCUT2D eigenvalue weighted by Crippen LogP contribution is -2.63. The van der Waals surface area contributed by atoms with Crippen LogP contribution in [-0.2, 0) is 14.8 Å². The molecule has 0 atom stereocenters. The third-order valence-corrected chi connectivity index (χ3v) is 7.72. The van der Waals surface area contributed by atoms with E-state index in [0.29, 0.717) is 24.7 Å². The molecule has 2 aliphatic heterocycles. The van der Waals surface area contributed by atoms with Crippen LogP contribution in [-0.4, -0.2) is 62.6 Å². The molecule has 0 unspecified atom stereocenters. The molecular weight excluding hydrogens is 355 g/mol. The third kappa shape index (κ3) is 3.67. The van der Waals surface area contributed by atoms with Gasteiger partial charge in [0, 0.05) is 44.9 Å². The van der Waals surface area contributed by atoms with Gasteiger partial charge in [0.05, 0.1) is 4.90 Å². The summed E-state index contributed by atoms with van der Waals surface area (Å²) in [5, 5.41) is 0. The second-order valence-electron chi connectivity index (χ2n) is 7.87. The number of ether oxygens (including phenoxy) is 1. The Balaban J connectivity index is 1.44. The lowest BCUT2D eigenvalue weighted by atomic mass is 10.0. The van der Waals surface area contributed by atoms with Gasteiger partial charge >= 0.3 is 0 Å². The van der Waals surface area contributed by atoms with Gasteiger partial charge in [0.15, 0.2) is 0 Å². The molecule has 0 radical (unpaired) electrons. The first-order valence-electron chi connectivity index (χ1n) is 9.55. The minimum absolute atomic E-state index is 0.189. The van der Waals surface area contributed by atoms with Crippen molar-refractivity contribution >= 4 is 10.0 Å². The van der Waals surface area contributed by atoms with Gasteiger partial charge in [-0.3, -0.25) is 4.90 Å². The number of aryl methyl sites for hydroxylation is 1. The van der Waals surface area contributed by atoms with Gasteiger partial charge in [0.2, 0.25) is 10.0 Å². The number of sulfonamides is 1. The quantitative estimate of drug-likeness (QED) is 0.758. The van der Waals surface area contributed by atoms with Crippen molar-refractivity contribution in [2.24, 2.45) is 5.92 Å². The van der Waals surface area contributed by atoms with Gasteiger partial charge in [0.25, 0.3) is 0 Å². The zero-order valence-corrected chi connectivity index (χ0v) is 16.0. The lowest BCUT2D eigenvalue weighted by Gasteiger charge is -2.48. The fraction of sp³-hybridized carbons (Fsp3) is 0.684. The maximum absolute atomic E-state index is 13.5. The number of benzene rings is 1. The van der Waals surface area contributed by atoms with E-state index < -0.39 is 10.0 Å². The van der Waals surface area contributed by atoms with Gasteiger partial charge in [-0.2, -0.15) is 4.31 Å². The molecule has 1 aromatic rings. The zero-order chi connectivity index (χ0) is 18.3. The van der Waals surface area contributed by atoms with Crippen molar-refractivity contribution in [3.63, 3.8) is 0 Å². The van der Waals surface area contributed by atoms with Gasteiger partial charge in [-0.25, -0.2) is 12.8 Å². The molecule has 5 nitrogen and oxygen atoms in total. The zero-order valence-electron chi connectivity index (χ0n) is 15.2. The van der Waals surface area contributed by atoms with Crippen LogP contribution in [0.1, 0.15) is 31.2 Å². The van der Waals surface area contributed by atoms with E-state index in [-0.39, 0.29) is 16.8 Å². The summed E-state index contributed by atoms with van der Waals surface area (Å²) < 4.78 is 46.1. The summed E-state index contributed by atoms with van der Waals surface area (Å²) in [5.41, 5.74) is 0.362. The van der Waals surface area contributed by atoms with E-state index in [4.69, 9.17) is 4.74 Å². The highest BCUT2D eigenvalue weighted by molar-refractivity contribution is 7.89. The van der Waals surface area contributed by atoms with Gasteiger partial charge in [0.1, 0.15) is 5.82 Å². The van der Waals surface area contributed by atoms with Crippen molar-refractivity contribution in [3.05, 3.63) is 29.6 Å². The van der Waals surface area contributed by atoms with E-state index in [1.807, 2.05) is 0 Å². The Morgan fingerprint density at radius 1 is 1.15 bits per heavy atom. The van der Waals surface area contributed by atoms with Crippen molar-refractivity contribution in [2.45, 2.75) is 49.6 Å². The van der Waals surface area contributed by atoms with E-state index in [1.165, 1.54) is 35.3 Å². The third-order valence-electron chi connectivity index (χ3n) is 5.89. The van der Waals surface area contributed by atoms with Crippen molar-refractivity contribution < 1.29 is 17.5 Å². The van der Waals surface area contributed by atoms with Crippen LogP contribution in [0.3, 0.4) is 0 Å². The van der Waals surface area contributed by atoms with Gasteiger partial charge in [-0.15, -0.1) is 0 Å². The fourth-order valence-electron chi connectivity index (χ4n) is 3.96. The van der Waals surface area contributed by atoms with Gasteiger partial charge in [-0.05, 0) is 62.3 Å². The molecule has 4 rings (SSSR count). The normalized spacial score (nSPS) is 23.3. The molecule has 1 aliphatic carbocycles. The number of hydrogen-bond acceptors (Lipinski definition) is 4. The molecule has 7 heteroatoms. The van der Waals surface area contributed by atoms with Crippen LogP contribution in [0.4, 0.5) is 4.39 Å². The van der Waals surface area contributed by atoms with Gasteiger partial charge < -0.3 is 4.74 Å². The van der Waals surface area contributed by atoms with Crippen LogP contribution < -0.4 is 0 Å². The standard InChI is InChI=1S/C19H27FN2O3S/c1-14-10-18(4-5-19(14)20)26(23,24)21-12-17(13-21)22(11-15-2-3-15)16-6-8-25-9-7-16/h4-5,10,15-17H,2-3,6-9,11-13H2,1H3. The highest BCUT2D eigenvalue weighted by atomic mass is 32.2. The molecule has 1 aromatic carbocycles. The molecule has 0 amide bonds. The van der Waals surface area contributed by atoms with Crippen LogP contribution in [0.2, 0.25) is 0 Å². The first-order chi connectivity index (χ1) is 12.4. The Hall–Kier alpha value is -1.02. The topological polar surface area (TPSA) is 49.9 Å². The average molecular weight is 383 g/mol. The predicted octanol–water partition coefficient (Wildman–Crippen LogP) is 2.40. The summed E-state index contributed by atoms with van der Waals surface area (Å²) in [7, 11) is -3.54. The summed E-state index contributed by atoms with van der Waals surface area (Å²) in [5.74, 6) is 0.406. The second-order valence-corrected chi connectivity index (χ2v) is 9.81. The van der Waals surface area contributed by atoms with Crippen LogP contribution >= 0.6 is 0 Å². The molecule has 0 bridgehead atoms. The minimum atomic E-state index is -3.54. The molecular formula is C19H27FN2O3S. The van der Waals surface area contributed by atoms with Crippen molar-refractivity contribution in [1.82, 2.24) is 9.21 Å². The smallest absolute Gasteiger partial charge is 0.243 e. The fourth-order valence-corrected chi connectivity index (χ4v) is 5.56. The number of nitrogens with zero attached hydrogens (tertiary/aromatic N) is 2.